The third-order valence-corrected chi connectivity index (χ3v) is 4.11. The Morgan fingerprint density at radius 2 is 1.96 bits per heavy atom. The SMILES string of the molecule is CCN(CCN(C)C)c1cc(C(=O)O)c2cc(NC(=O)COC)ccc2n1. The molecular weight excluding hydrogens is 348 g/mol. The zero-order valence-corrected chi connectivity index (χ0v) is 16.2. The lowest BCUT2D eigenvalue weighted by molar-refractivity contribution is -0.119. The molecular formula is C19H26N4O4. The van der Waals surface area contributed by atoms with E-state index in [1.165, 1.54) is 7.11 Å². The zero-order chi connectivity index (χ0) is 20.0. The van der Waals surface area contributed by atoms with Crippen LogP contribution in [0.5, 0.6) is 0 Å². The topological polar surface area (TPSA) is 95.0 Å². The molecule has 0 aliphatic carbocycles. The summed E-state index contributed by atoms with van der Waals surface area (Å²) in [7, 11) is 5.41. The number of carbonyl (C=O) groups is 2. The van der Waals surface area contributed by atoms with Crippen molar-refractivity contribution in [3.05, 3.63) is 29.8 Å². The Bertz CT molecular complexity index is 823. The Labute approximate surface area is 158 Å². The number of fused-ring (bicyclic) bond motifs is 1. The minimum Gasteiger partial charge on any atom is -0.478 e. The molecule has 1 aromatic heterocycles. The molecule has 2 aromatic rings. The van der Waals surface area contributed by atoms with Crippen molar-refractivity contribution in [3.63, 3.8) is 0 Å². The predicted molar refractivity (Wildman–Crippen MR) is 106 cm³/mol. The molecule has 1 aromatic carbocycles. The molecule has 1 heterocycles. The summed E-state index contributed by atoms with van der Waals surface area (Å²) in [5, 5.41) is 12.8. The second kappa shape index (κ2) is 9.29. The second-order valence-electron chi connectivity index (χ2n) is 6.43. The fourth-order valence-corrected chi connectivity index (χ4v) is 2.71. The highest BCUT2D eigenvalue weighted by atomic mass is 16.5. The van der Waals surface area contributed by atoms with Crippen LogP contribution in [-0.4, -0.2) is 74.3 Å². The maximum Gasteiger partial charge on any atom is 0.336 e. The molecule has 2 N–H and O–H groups in total. The smallest absolute Gasteiger partial charge is 0.336 e. The average Bonchev–Trinajstić information content (AvgIpc) is 2.61. The van der Waals surface area contributed by atoms with E-state index in [9.17, 15) is 14.7 Å². The van der Waals surface area contributed by atoms with Crippen molar-refractivity contribution >= 4 is 34.3 Å². The van der Waals surface area contributed by atoms with Gasteiger partial charge in [0.2, 0.25) is 5.91 Å². The zero-order valence-electron chi connectivity index (χ0n) is 16.2. The quantitative estimate of drug-likeness (QED) is 0.692. The summed E-state index contributed by atoms with van der Waals surface area (Å²) in [5.74, 6) is -0.716. The Morgan fingerprint density at radius 3 is 2.56 bits per heavy atom. The molecule has 0 aliphatic rings. The Morgan fingerprint density at radius 1 is 1.22 bits per heavy atom. The molecule has 27 heavy (non-hydrogen) atoms. The van der Waals surface area contributed by atoms with Crippen LogP contribution in [-0.2, 0) is 9.53 Å². The fraction of sp³-hybridized carbons (Fsp3) is 0.421. The van der Waals surface area contributed by atoms with Crippen molar-refractivity contribution in [3.8, 4) is 0 Å². The summed E-state index contributed by atoms with van der Waals surface area (Å²) in [6.45, 7) is 4.23. The molecule has 146 valence electrons. The summed E-state index contributed by atoms with van der Waals surface area (Å²) in [5.41, 5.74) is 1.22. The van der Waals surface area contributed by atoms with Crippen molar-refractivity contribution in [2.75, 3.05) is 57.7 Å². The van der Waals surface area contributed by atoms with Crippen molar-refractivity contribution in [2.45, 2.75) is 6.92 Å². The minimum atomic E-state index is -1.03. The van der Waals surface area contributed by atoms with Gasteiger partial charge in [-0.1, -0.05) is 0 Å². The van der Waals surface area contributed by atoms with Gasteiger partial charge in [-0.15, -0.1) is 0 Å². The Hall–Kier alpha value is -2.71. The molecule has 0 radical (unpaired) electrons. The average molecular weight is 374 g/mol. The van der Waals surface area contributed by atoms with Crippen LogP contribution >= 0.6 is 0 Å². The number of likely N-dealkylation sites (N-methyl/N-ethyl adjacent to an activating group) is 2. The van der Waals surface area contributed by atoms with Crippen LogP contribution in [0.15, 0.2) is 24.3 Å². The van der Waals surface area contributed by atoms with Crippen LogP contribution < -0.4 is 10.2 Å². The number of rotatable bonds is 9. The van der Waals surface area contributed by atoms with Crippen molar-refractivity contribution in [2.24, 2.45) is 0 Å². The van der Waals surface area contributed by atoms with Crippen LogP contribution in [0.1, 0.15) is 17.3 Å². The van der Waals surface area contributed by atoms with Gasteiger partial charge in [0.05, 0.1) is 11.1 Å². The van der Waals surface area contributed by atoms with Gasteiger partial charge in [0.1, 0.15) is 12.4 Å². The number of pyridine rings is 1. The van der Waals surface area contributed by atoms with Crippen LogP contribution in [0.4, 0.5) is 11.5 Å². The molecule has 2 rings (SSSR count). The maximum atomic E-state index is 11.8. The summed E-state index contributed by atoms with van der Waals surface area (Å²) in [6.07, 6.45) is 0. The van der Waals surface area contributed by atoms with E-state index in [1.54, 1.807) is 24.3 Å². The first kappa shape index (κ1) is 20.6. The van der Waals surface area contributed by atoms with Gasteiger partial charge in [0.25, 0.3) is 0 Å². The molecule has 0 bridgehead atoms. The Kier molecular flexibility index (Phi) is 7.09. The number of carboxylic acid groups (broad SMARTS) is 1. The summed E-state index contributed by atoms with van der Waals surface area (Å²) >= 11 is 0. The van der Waals surface area contributed by atoms with Gasteiger partial charge in [-0.3, -0.25) is 4.79 Å². The largest absolute Gasteiger partial charge is 0.478 e. The number of nitrogens with zero attached hydrogens (tertiary/aromatic N) is 3. The number of carbonyl (C=O) groups excluding carboxylic acids is 1. The number of nitrogens with one attached hydrogen (secondary N) is 1. The number of amides is 1. The molecule has 8 heteroatoms. The number of hydrogen-bond donors (Lipinski definition) is 2. The summed E-state index contributed by atoms with van der Waals surface area (Å²) in [6, 6.07) is 6.63. The molecule has 0 saturated carbocycles. The molecule has 0 spiro atoms. The van der Waals surface area contributed by atoms with Crippen LogP contribution in [0.25, 0.3) is 10.9 Å². The van der Waals surface area contributed by atoms with Gasteiger partial charge < -0.3 is 25.0 Å². The van der Waals surface area contributed by atoms with E-state index in [1.807, 2.05) is 25.9 Å². The number of aromatic nitrogens is 1. The molecule has 0 aliphatic heterocycles. The Balaban J connectivity index is 2.43. The molecule has 0 fully saturated rings. The number of hydrogen-bond acceptors (Lipinski definition) is 6. The van der Waals surface area contributed by atoms with E-state index in [-0.39, 0.29) is 18.1 Å². The van der Waals surface area contributed by atoms with Gasteiger partial charge >= 0.3 is 5.97 Å². The lowest BCUT2D eigenvalue weighted by Gasteiger charge is -2.24. The van der Waals surface area contributed by atoms with E-state index >= 15 is 0 Å². The van der Waals surface area contributed by atoms with Gasteiger partial charge in [-0.05, 0) is 45.3 Å². The number of methoxy groups -OCH3 is 1. The monoisotopic (exact) mass is 374 g/mol. The third-order valence-electron chi connectivity index (χ3n) is 4.11. The first-order valence-electron chi connectivity index (χ1n) is 8.72. The van der Waals surface area contributed by atoms with Gasteiger partial charge in [0.15, 0.2) is 0 Å². The molecule has 0 atom stereocenters. The van der Waals surface area contributed by atoms with Crippen LogP contribution in [0.2, 0.25) is 0 Å². The summed E-state index contributed by atoms with van der Waals surface area (Å²) in [4.78, 5) is 32.3. The lowest BCUT2D eigenvalue weighted by atomic mass is 10.1. The number of ether oxygens (including phenoxy) is 1. The highest BCUT2D eigenvalue weighted by molar-refractivity contribution is 6.05. The normalized spacial score (nSPS) is 11.0. The third kappa shape index (κ3) is 5.38. The van der Waals surface area contributed by atoms with Crippen LogP contribution in [0.3, 0.4) is 0 Å². The molecule has 8 nitrogen and oxygen atoms in total. The maximum absolute atomic E-state index is 11.8. The predicted octanol–water partition coefficient (Wildman–Crippen LogP) is 1.91. The molecule has 0 saturated heterocycles. The van der Waals surface area contributed by atoms with Crippen molar-refractivity contribution in [1.82, 2.24) is 9.88 Å². The number of aromatic carboxylic acids is 1. The van der Waals surface area contributed by atoms with E-state index in [0.717, 1.165) is 19.6 Å². The number of benzene rings is 1. The fourth-order valence-electron chi connectivity index (χ4n) is 2.71. The second-order valence-corrected chi connectivity index (χ2v) is 6.43. The lowest BCUT2D eigenvalue weighted by Crippen LogP contribution is -2.32. The highest BCUT2D eigenvalue weighted by Gasteiger charge is 2.16. The summed E-state index contributed by atoms with van der Waals surface area (Å²) < 4.78 is 4.79. The number of anilines is 2. The van der Waals surface area contributed by atoms with E-state index in [0.29, 0.717) is 22.4 Å². The van der Waals surface area contributed by atoms with Gasteiger partial charge in [-0.2, -0.15) is 0 Å². The highest BCUT2D eigenvalue weighted by Crippen LogP contribution is 2.26. The van der Waals surface area contributed by atoms with Gasteiger partial charge in [-0.25, -0.2) is 9.78 Å². The molecule has 1 amide bonds. The first-order valence-corrected chi connectivity index (χ1v) is 8.72. The van der Waals surface area contributed by atoms with E-state index in [4.69, 9.17) is 4.74 Å². The van der Waals surface area contributed by atoms with Crippen LogP contribution in [0, 0.1) is 0 Å². The van der Waals surface area contributed by atoms with E-state index < -0.39 is 5.97 Å². The van der Waals surface area contributed by atoms with Crippen molar-refractivity contribution < 1.29 is 19.4 Å². The minimum absolute atomic E-state index is 0.0711. The van der Waals surface area contributed by atoms with Gasteiger partial charge in [0, 0.05) is 37.8 Å². The van der Waals surface area contributed by atoms with E-state index in [2.05, 4.69) is 15.2 Å². The standard InChI is InChI=1S/C19H26N4O4/c1-5-23(9-8-22(2)3)17-11-15(19(25)26)14-10-13(6-7-16(14)21-17)20-18(24)12-27-4/h6-7,10-11H,5,8-9,12H2,1-4H3,(H,20,24)(H,25,26). The number of carboxylic acids is 1. The molecule has 0 unspecified atom stereocenters. The first-order chi connectivity index (χ1) is 12.8. The van der Waals surface area contributed by atoms with Crippen molar-refractivity contribution in [1.29, 1.82) is 0 Å².